The maximum atomic E-state index is 13.4. The molecule has 27 heavy (non-hydrogen) atoms. The van der Waals surface area contributed by atoms with Gasteiger partial charge < -0.3 is 20.0 Å². The highest BCUT2D eigenvalue weighted by Gasteiger charge is 2.11. The second-order valence-corrected chi connectivity index (χ2v) is 5.48. The molecule has 6 nitrogen and oxygen atoms in total. The van der Waals surface area contributed by atoms with E-state index in [-0.39, 0.29) is 12.4 Å². The molecule has 0 unspecified atom stereocenters. The summed E-state index contributed by atoms with van der Waals surface area (Å²) in [6, 6.07) is 16.8. The Bertz CT molecular complexity index is 933. The van der Waals surface area contributed by atoms with Crippen LogP contribution in [0.5, 0.6) is 17.4 Å². The van der Waals surface area contributed by atoms with Gasteiger partial charge in [-0.05, 0) is 42.5 Å². The largest absolute Gasteiger partial charge is 0.496 e. The first kappa shape index (κ1) is 18.2. The van der Waals surface area contributed by atoms with E-state index in [9.17, 15) is 4.39 Å². The highest BCUT2D eigenvalue weighted by Crippen LogP contribution is 2.23. The molecule has 0 fully saturated rings. The lowest BCUT2D eigenvalue weighted by Crippen LogP contribution is -2.15. The number of benzene rings is 2. The Hall–Kier alpha value is -3.61. The molecular weight excluding hydrogens is 349 g/mol. The minimum Gasteiger partial charge on any atom is -0.496 e. The molecule has 1 aromatic heterocycles. The summed E-state index contributed by atoms with van der Waals surface area (Å²) < 4.78 is 24.3. The van der Waals surface area contributed by atoms with Crippen LogP contribution in [-0.4, -0.2) is 17.9 Å². The van der Waals surface area contributed by atoms with E-state index >= 15 is 0 Å². The van der Waals surface area contributed by atoms with Crippen LogP contribution in [0.25, 0.3) is 0 Å². The number of methoxy groups -OCH3 is 1. The Morgan fingerprint density at radius 1 is 1.11 bits per heavy atom. The normalized spacial score (nSPS) is 11.1. The van der Waals surface area contributed by atoms with Crippen LogP contribution in [0.1, 0.15) is 11.1 Å². The Labute approximate surface area is 156 Å². The van der Waals surface area contributed by atoms with Crippen molar-refractivity contribution >= 4 is 5.84 Å². The Morgan fingerprint density at radius 2 is 1.93 bits per heavy atom. The fraction of sp³-hybridized carbons (Fsp3) is 0.100. The Balaban J connectivity index is 1.74. The predicted octanol–water partition coefficient (Wildman–Crippen LogP) is 3.86. The van der Waals surface area contributed by atoms with Crippen LogP contribution in [0.3, 0.4) is 0 Å². The molecule has 0 aliphatic rings. The Kier molecular flexibility index (Phi) is 5.84. The van der Waals surface area contributed by atoms with Crippen molar-refractivity contribution in [1.29, 1.82) is 0 Å². The molecule has 0 saturated carbocycles. The van der Waals surface area contributed by atoms with Crippen molar-refractivity contribution < 1.29 is 18.7 Å². The molecule has 0 bridgehead atoms. The van der Waals surface area contributed by atoms with Gasteiger partial charge in [-0.25, -0.2) is 9.37 Å². The number of oxime groups is 1. The van der Waals surface area contributed by atoms with E-state index in [1.807, 2.05) is 18.2 Å². The Morgan fingerprint density at radius 3 is 2.70 bits per heavy atom. The summed E-state index contributed by atoms with van der Waals surface area (Å²) in [4.78, 5) is 9.46. The number of hydrogen-bond donors (Lipinski definition) is 1. The number of nitrogens with two attached hydrogens (primary N) is 1. The summed E-state index contributed by atoms with van der Waals surface area (Å²) in [6.07, 6.45) is 1.59. The quantitative estimate of drug-likeness (QED) is 0.390. The third-order valence-corrected chi connectivity index (χ3v) is 3.63. The molecular formula is C20H18FN3O3. The average molecular weight is 367 g/mol. The van der Waals surface area contributed by atoms with Gasteiger partial charge in [0.1, 0.15) is 23.9 Å². The van der Waals surface area contributed by atoms with Crippen LogP contribution in [0.15, 0.2) is 72.0 Å². The smallest absolute Gasteiger partial charge is 0.230 e. The zero-order chi connectivity index (χ0) is 19.1. The summed E-state index contributed by atoms with van der Waals surface area (Å²) in [5, 5.41) is 3.89. The van der Waals surface area contributed by atoms with Crippen molar-refractivity contribution in [2.75, 3.05) is 7.11 Å². The maximum Gasteiger partial charge on any atom is 0.230 e. The van der Waals surface area contributed by atoms with Gasteiger partial charge in [-0.1, -0.05) is 23.4 Å². The number of ether oxygens (including phenoxy) is 2. The molecule has 0 saturated heterocycles. The van der Waals surface area contributed by atoms with Crippen LogP contribution in [0.2, 0.25) is 0 Å². The minimum absolute atomic E-state index is 0.00320. The van der Waals surface area contributed by atoms with Crippen molar-refractivity contribution in [3.8, 4) is 17.4 Å². The number of halogens is 1. The van der Waals surface area contributed by atoms with Gasteiger partial charge in [-0.15, -0.1) is 0 Å². The van der Waals surface area contributed by atoms with Crippen molar-refractivity contribution in [3.05, 3.63) is 83.8 Å². The molecule has 0 spiro atoms. The zero-order valence-corrected chi connectivity index (χ0v) is 14.6. The molecule has 1 heterocycles. The lowest BCUT2D eigenvalue weighted by Gasteiger charge is -2.10. The van der Waals surface area contributed by atoms with Crippen LogP contribution >= 0.6 is 0 Å². The third-order valence-electron chi connectivity index (χ3n) is 3.63. The molecule has 138 valence electrons. The second-order valence-electron chi connectivity index (χ2n) is 5.48. The molecule has 3 rings (SSSR count). The van der Waals surface area contributed by atoms with E-state index in [0.717, 1.165) is 0 Å². The number of amidine groups is 1. The first-order chi connectivity index (χ1) is 13.2. The fourth-order valence-corrected chi connectivity index (χ4v) is 2.35. The van der Waals surface area contributed by atoms with Crippen LogP contribution in [0, 0.1) is 5.82 Å². The molecule has 3 aromatic rings. The first-order valence-corrected chi connectivity index (χ1v) is 8.13. The monoisotopic (exact) mass is 367 g/mol. The summed E-state index contributed by atoms with van der Waals surface area (Å²) in [5.74, 6) is 1.12. The van der Waals surface area contributed by atoms with Crippen LogP contribution < -0.4 is 15.2 Å². The van der Waals surface area contributed by atoms with Crippen molar-refractivity contribution in [2.24, 2.45) is 10.9 Å². The van der Waals surface area contributed by atoms with Crippen molar-refractivity contribution in [2.45, 2.75) is 6.61 Å². The lowest BCUT2D eigenvalue weighted by atomic mass is 10.2. The number of rotatable bonds is 7. The summed E-state index contributed by atoms with van der Waals surface area (Å²) in [5.41, 5.74) is 7.01. The SMILES string of the molecule is COc1ccc(F)cc1CO/N=C(/N)c1cccnc1Oc1ccccc1. The predicted molar refractivity (Wildman–Crippen MR) is 99.2 cm³/mol. The van der Waals surface area contributed by atoms with E-state index in [0.29, 0.717) is 28.5 Å². The first-order valence-electron chi connectivity index (χ1n) is 8.13. The highest BCUT2D eigenvalue weighted by molar-refractivity contribution is 5.99. The molecule has 7 heteroatoms. The summed E-state index contributed by atoms with van der Waals surface area (Å²) in [6.45, 7) is -0.00320. The summed E-state index contributed by atoms with van der Waals surface area (Å²) >= 11 is 0. The van der Waals surface area contributed by atoms with Gasteiger partial charge in [-0.2, -0.15) is 0 Å². The van der Waals surface area contributed by atoms with Gasteiger partial charge in [0.2, 0.25) is 5.88 Å². The molecule has 2 aromatic carbocycles. The number of pyridine rings is 1. The molecule has 0 radical (unpaired) electrons. The highest BCUT2D eigenvalue weighted by atomic mass is 19.1. The second kappa shape index (κ2) is 8.66. The van der Waals surface area contributed by atoms with Gasteiger partial charge in [0, 0.05) is 11.8 Å². The molecule has 0 aliphatic carbocycles. The molecule has 0 amide bonds. The van der Waals surface area contributed by atoms with E-state index in [1.165, 1.54) is 25.3 Å². The van der Waals surface area contributed by atoms with E-state index in [4.69, 9.17) is 20.0 Å². The van der Waals surface area contributed by atoms with Crippen LogP contribution in [0.4, 0.5) is 4.39 Å². The van der Waals surface area contributed by atoms with Gasteiger partial charge in [0.15, 0.2) is 5.84 Å². The molecule has 2 N–H and O–H groups in total. The van der Waals surface area contributed by atoms with Crippen LogP contribution in [-0.2, 0) is 11.4 Å². The number of para-hydroxylation sites is 1. The average Bonchev–Trinajstić information content (AvgIpc) is 2.69. The maximum absolute atomic E-state index is 13.4. The molecule has 0 aliphatic heterocycles. The number of nitrogens with zero attached hydrogens (tertiary/aromatic N) is 2. The van der Waals surface area contributed by atoms with Crippen molar-refractivity contribution in [1.82, 2.24) is 4.98 Å². The van der Waals surface area contributed by atoms with Gasteiger partial charge >= 0.3 is 0 Å². The third kappa shape index (κ3) is 4.72. The topological polar surface area (TPSA) is 79.0 Å². The van der Waals surface area contributed by atoms with Gasteiger partial charge in [0.25, 0.3) is 0 Å². The number of hydrogen-bond acceptors (Lipinski definition) is 5. The zero-order valence-electron chi connectivity index (χ0n) is 14.6. The van der Waals surface area contributed by atoms with E-state index in [1.54, 1.807) is 30.5 Å². The van der Waals surface area contributed by atoms with Crippen molar-refractivity contribution in [3.63, 3.8) is 0 Å². The standard InChI is InChI=1S/C20H18FN3O3/c1-25-18-10-9-15(21)12-14(18)13-26-24-19(22)17-8-5-11-23-20(17)27-16-6-3-2-4-7-16/h2-12H,13H2,1H3,(H2,22,24). The summed E-state index contributed by atoms with van der Waals surface area (Å²) in [7, 11) is 1.50. The van der Waals surface area contributed by atoms with Gasteiger partial charge in [-0.3, -0.25) is 0 Å². The fourth-order valence-electron chi connectivity index (χ4n) is 2.35. The molecule has 0 atom stereocenters. The van der Waals surface area contributed by atoms with E-state index in [2.05, 4.69) is 10.1 Å². The minimum atomic E-state index is -0.392. The van der Waals surface area contributed by atoms with Gasteiger partial charge in [0.05, 0.1) is 12.7 Å². The number of aromatic nitrogens is 1. The van der Waals surface area contributed by atoms with E-state index < -0.39 is 5.82 Å². The lowest BCUT2D eigenvalue weighted by molar-refractivity contribution is 0.128.